The number of esters is 1. The number of nitrogens with zero attached hydrogens (tertiary/aromatic N) is 1. The molecule has 3 fully saturated rings. The molecule has 1 aliphatic heterocycles. The first kappa shape index (κ1) is 27.6. The Kier molecular flexibility index (Phi) is 9.18. The maximum absolute atomic E-state index is 11.5. The SMILES string of the molecule is CON=C(C1CCCCC1)[C@@H]1[C@@H]2C[C@@](c3ccc(-c4ccccc4)cc3)(CO2)[C@H]1C/C=C\CCCC(=O)OC. The van der Waals surface area contributed by atoms with E-state index in [9.17, 15) is 4.79 Å². The third-order valence-electron chi connectivity index (χ3n) is 9.33. The number of benzene rings is 2. The zero-order valence-corrected chi connectivity index (χ0v) is 23.5. The number of oxime groups is 1. The molecule has 4 atom stereocenters. The monoisotopic (exact) mass is 529 g/mol. The van der Waals surface area contributed by atoms with Crippen LogP contribution in [0.25, 0.3) is 11.1 Å². The summed E-state index contributed by atoms with van der Waals surface area (Å²) in [5.41, 5.74) is 5.05. The van der Waals surface area contributed by atoms with E-state index in [1.807, 2.05) is 0 Å². The third-order valence-corrected chi connectivity index (χ3v) is 9.33. The lowest BCUT2D eigenvalue weighted by Crippen LogP contribution is -2.44. The quantitative estimate of drug-likeness (QED) is 0.0994. The highest BCUT2D eigenvalue weighted by Crippen LogP contribution is 2.58. The van der Waals surface area contributed by atoms with Gasteiger partial charge in [0.05, 0.1) is 25.5 Å². The van der Waals surface area contributed by atoms with Crippen LogP contribution in [0.15, 0.2) is 71.9 Å². The van der Waals surface area contributed by atoms with E-state index in [-0.39, 0.29) is 23.4 Å². The molecule has 0 radical (unpaired) electrons. The summed E-state index contributed by atoms with van der Waals surface area (Å²) >= 11 is 0. The molecule has 5 nitrogen and oxygen atoms in total. The average molecular weight is 530 g/mol. The van der Waals surface area contributed by atoms with E-state index in [2.05, 4.69) is 66.7 Å². The second kappa shape index (κ2) is 13.0. The number of carbonyl (C=O) groups is 1. The minimum absolute atomic E-state index is 0.0376. The molecule has 2 aromatic carbocycles. The number of methoxy groups -OCH3 is 1. The van der Waals surface area contributed by atoms with Crippen LogP contribution in [-0.4, -0.2) is 38.6 Å². The van der Waals surface area contributed by atoms with Gasteiger partial charge in [-0.3, -0.25) is 4.79 Å². The number of hydrogen-bond donors (Lipinski definition) is 0. The first-order chi connectivity index (χ1) is 19.2. The maximum Gasteiger partial charge on any atom is 0.305 e. The topological polar surface area (TPSA) is 57.1 Å². The van der Waals surface area contributed by atoms with Crippen molar-refractivity contribution in [2.45, 2.75) is 75.7 Å². The van der Waals surface area contributed by atoms with Crippen LogP contribution >= 0.6 is 0 Å². The molecule has 2 bridgehead atoms. The first-order valence-electron chi connectivity index (χ1n) is 14.8. The van der Waals surface area contributed by atoms with Crippen LogP contribution < -0.4 is 0 Å². The van der Waals surface area contributed by atoms with Gasteiger partial charge in [-0.05, 0) is 61.1 Å². The molecule has 0 spiro atoms. The fraction of sp³-hybridized carbons (Fsp3) is 0.529. The minimum atomic E-state index is -0.139. The first-order valence-corrected chi connectivity index (χ1v) is 14.8. The Balaban J connectivity index is 1.42. The number of ether oxygens (including phenoxy) is 2. The molecule has 1 saturated heterocycles. The largest absolute Gasteiger partial charge is 0.469 e. The van der Waals surface area contributed by atoms with Gasteiger partial charge in [-0.2, -0.15) is 0 Å². The number of hydrogen-bond acceptors (Lipinski definition) is 5. The highest BCUT2D eigenvalue weighted by Gasteiger charge is 2.61. The van der Waals surface area contributed by atoms with Crippen LogP contribution in [0.3, 0.4) is 0 Å². The summed E-state index contributed by atoms with van der Waals surface area (Å²) in [6.45, 7) is 0.755. The molecule has 1 heterocycles. The Hall–Kier alpha value is -2.92. The predicted octanol–water partition coefficient (Wildman–Crippen LogP) is 7.50. The van der Waals surface area contributed by atoms with Gasteiger partial charge in [0.1, 0.15) is 7.11 Å². The molecule has 39 heavy (non-hydrogen) atoms. The summed E-state index contributed by atoms with van der Waals surface area (Å²) in [7, 11) is 3.14. The zero-order valence-electron chi connectivity index (χ0n) is 23.5. The van der Waals surface area contributed by atoms with Crippen molar-refractivity contribution in [1.29, 1.82) is 0 Å². The van der Waals surface area contributed by atoms with Gasteiger partial charge in [-0.25, -0.2) is 0 Å². The Morgan fingerprint density at radius 1 is 1.00 bits per heavy atom. The number of unbranched alkanes of at least 4 members (excludes halogenated alkanes) is 1. The molecule has 2 aromatic rings. The van der Waals surface area contributed by atoms with Gasteiger partial charge in [-0.1, -0.05) is 91.2 Å². The van der Waals surface area contributed by atoms with Crippen molar-refractivity contribution in [3.05, 3.63) is 72.3 Å². The van der Waals surface area contributed by atoms with Crippen LogP contribution in [-0.2, 0) is 24.5 Å². The molecule has 208 valence electrons. The summed E-state index contributed by atoms with van der Waals surface area (Å²) in [6, 6.07) is 19.8. The fourth-order valence-electron chi connectivity index (χ4n) is 7.37. The fourth-order valence-corrected chi connectivity index (χ4v) is 7.37. The van der Waals surface area contributed by atoms with Gasteiger partial charge in [0, 0.05) is 23.7 Å². The summed E-state index contributed by atoms with van der Waals surface area (Å²) in [6.07, 6.45) is 15.1. The lowest BCUT2D eigenvalue weighted by molar-refractivity contribution is -0.140. The Morgan fingerprint density at radius 3 is 2.46 bits per heavy atom. The van der Waals surface area contributed by atoms with Crippen LogP contribution in [0.2, 0.25) is 0 Å². The van der Waals surface area contributed by atoms with Crippen molar-refractivity contribution in [3.8, 4) is 11.1 Å². The summed E-state index contributed by atoms with van der Waals surface area (Å²) < 4.78 is 11.3. The van der Waals surface area contributed by atoms with Gasteiger partial charge < -0.3 is 14.3 Å². The molecular formula is C34H43NO4. The lowest BCUT2D eigenvalue weighted by atomic mass is 9.66. The summed E-state index contributed by atoms with van der Waals surface area (Å²) in [4.78, 5) is 17.0. The Morgan fingerprint density at radius 2 is 1.74 bits per heavy atom. The van der Waals surface area contributed by atoms with Crippen LogP contribution in [0, 0.1) is 17.8 Å². The number of fused-ring (bicyclic) bond motifs is 2. The molecule has 2 aliphatic carbocycles. The van der Waals surface area contributed by atoms with Gasteiger partial charge in [-0.15, -0.1) is 0 Å². The molecule has 0 aromatic heterocycles. The van der Waals surface area contributed by atoms with Crippen LogP contribution in [0.5, 0.6) is 0 Å². The highest BCUT2D eigenvalue weighted by molar-refractivity contribution is 5.90. The minimum Gasteiger partial charge on any atom is -0.469 e. The smallest absolute Gasteiger partial charge is 0.305 e. The van der Waals surface area contributed by atoms with Gasteiger partial charge in [0.25, 0.3) is 0 Å². The molecule has 0 N–H and O–H groups in total. The van der Waals surface area contributed by atoms with Crippen LogP contribution in [0.1, 0.15) is 69.8 Å². The normalized spacial score (nSPS) is 27.2. The second-order valence-corrected chi connectivity index (χ2v) is 11.5. The molecule has 3 aliphatic rings. The third kappa shape index (κ3) is 5.99. The van der Waals surface area contributed by atoms with Crippen molar-refractivity contribution in [1.82, 2.24) is 0 Å². The van der Waals surface area contributed by atoms with Crippen molar-refractivity contribution < 1.29 is 19.1 Å². The summed E-state index contributed by atoms with van der Waals surface area (Å²) in [5.74, 6) is 0.997. The van der Waals surface area contributed by atoms with Gasteiger partial charge >= 0.3 is 5.97 Å². The van der Waals surface area contributed by atoms with E-state index in [0.29, 0.717) is 18.3 Å². The highest BCUT2D eigenvalue weighted by atomic mass is 16.6. The van der Waals surface area contributed by atoms with Crippen LogP contribution in [0.4, 0.5) is 0 Å². The molecular weight excluding hydrogens is 486 g/mol. The lowest BCUT2D eigenvalue weighted by Gasteiger charge is -2.41. The molecule has 0 unspecified atom stereocenters. The second-order valence-electron chi connectivity index (χ2n) is 11.5. The van der Waals surface area contributed by atoms with Gasteiger partial charge in [0.15, 0.2) is 0 Å². The molecule has 5 rings (SSSR count). The molecule has 0 amide bonds. The number of allylic oxidation sites excluding steroid dienone is 2. The Labute approximate surface area is 233 Å². The van der Waals surface area contributed by atoms with Crippen molar-refractivity contribution in [2.75, 3.05) is 20.8 Å². The Bertz CT molecular complexity index is 1140. The number of carbonyl (C=O) groups excluding carboxylic acids is 1. The zero-order chi connectivity index (χ0) is 27.1. The van der Waals surface area contributed by atoms with E-state index in [4.69, 9.17) is 19.5 Å². The number of rotatable bonds is 11. The average Bonchev–Trinajstić information content (AvgIpc) is 3.57. The van der Waals surface area contributed by atoms with E-state index in [0.717, 1.165) is 32.3 Å². The van der Waals surface area contributed by atoms with E-state index >= 15 is 0 Å². The molecule has 2 saturated carbocycles. The van der Waals surface area contributed by atoms with Crippen molar-refractivity contribution >= 4 is 11.7 Å². The van der Waals surface area contributed by atoms with Crippen molar-refractivity contribution in [2.24, 2.45) is 22.9 Å². The van der Waals surface area contributed by atoms with E-state index < -0.39 is 0 Å². The summed E-state index contributed by atoms with van der Waals surface area (Å²) in [5, 5.41) is 4.73. The van der Waals surface area contributed by atoms with E-state index in [1.54, 1.807) is 7.11 Å². The van der Waals surface area contributed by atoms with E-state index in [1.165, 1.54) is 61.6 Å². The van der Waals surface area contributed by atoms with Crippen molar-refractivity contribution in [3.63, 3.8) is 0 Å². The predicted molar refractivity (Wildman–Crippen MR) is 156 cm³/mol. The molecule has 5 heteroatoms. The standard InChI is InChI=1S/C34H43NO4/c1-37-31(36)18-12-4-3-11-17-29-32(33(35-38-2)27-15-9-6-10-16-27)30-23-34(29,24-39-30)28-21-19-26(20-22-28)25-13-7-5-8-14-25/h3,5,7-8,11,13-14,19-22,27,29-30,32H,4,6,9-10,12,15-18,23-24H2,1-2H3/b11-3-,35-33?/t29-,30-,32-,34-/m0/s1. The van der Waals surface area contributed by atoms with Gasteiger partial charge in [0.2, 0.25) is 0 Å². The maximum atomic E-state index is 11.5.